The fourth-order valence-corrected chi connectivity index (χ4v) is 2.09. The average Bonchev–Trinajstić information content (AvgIpc) is 2.96. The van der Waals surface area contributed by atoms with E-state index in [1.54, 1.807) is 0 Å². The summed E-state index contributed by atoms with van der Waals surface area (Å²) in [7, 11) is 1.53. The first-order chi connectivity index (χ1) is 11.2. The van der Waals surface area contributed by atoms with E-state index in [2.05, 4.69) is 20.4 Å². The molecule has 0 fully saturated rings. The Kier molecular flexibility index (Phi) is 4.15. The number of amides is 1. The SMILES string of the molecule is COCCn1nc(C(=O)Nc2nc3ccccc3[nH]2)ccc1=O. The van der Waals surface area contributed by atoms with Crippen molar-refractivity contribution in [1.82, 2.24) is 19.7 Å². The van der Waals surface area contributed by atoms with Crippen LogP contribution in [-0.2, 0) is 11.3 Å². The van der Waals surface area contributed by atoms with Gasteiger partial charge in [0.15, 0.2) is 0 Å². The molecule has 0 saturated heterocycles. The Morgan fingerprint density at radius 3 is 2.91 bits per heavy atom. The first kappa shape index (κ1) is 14.9. The molecule has 3 rings (SSSR count). The quantitative estimate of drug-likeness (QED) is 0.732. The van der Waals surface area contributed by atoms with Gasteiger partial charge in [-0.2, -0.15) is 5.10 Å². The molecule has 2 heterocycles. The molecule has 2 N–H and O–H groups in total. The summed E-state index contributed by atoms with van der Waals surface area (Å²) in [4.78, 5) is 31.2. The average molecular weight is 313 g/mol. The summed E-state index contributed by atoms with van der Waals surface area (Å²) in [5, 5.41) is 6.67. The lowest BCUT2D eigenvalue weighted by atomic mass is 10.3. The minimum Gasteiger partial charge on any atom is -0.383 e. The number of hydrogen-bond donors (Lipinski definition) is 2. The molecule has 23 heavy (non-hydrogen) atoms. The molecule has 8 heteroatoms. The number of aromatic amines is 1. The largest absolute Gasteiger partial charge is 0.383 e. The fourth-order valence-electron chi connectivity index (χ4n) is 2.09. The molecule has 0 atom stereocenters. The van der Waals surface area contributed by atoms with Crippen LogP contribution in [-0.4, -0.2) is 39.4 Å². The van der Waals surface area contributed by atoms with E-state index in [0.717, 1.165) is 11.0 Å². The maximum atomic E-state index is 12.2. The van der Waals surface area contributed by atoms with Crippen molar-refractivity contribution in [3.05, 3.63) is 52.4 Å². The molecular formula is C15H15N5O3. The number of carbonyl (C=O) groups is 1. The standard InChI is InChI=1S/C15H15N5O3/c1-23-9-8-20-13(21)7-6-12(19-20)14(22)18-15-16-10-4-2-3-5-11(10)17-15/h2-7H,8-9H2,1H3,(H2,16,17,18,22). The van der Waals surface area contributed by atoms with Crippen LogP contribution in [0.15, 0.2) is 41.2 Å². The molecule has 0 unspecified atom stereocenters. The van der Waals surface area contributed by atoms with Crippen LogP contribution in [0, 0.1) is 0 Å². The number of nitrogens with zero attached hydrogens (tertiary/aromatic N) is 3. The number of rotatable bonds is 5. The molecule has 2 aromatic heterocycles. The van der Waals surface area contributed by atoms with E-state index in [0.29, 0.717) is 12.6 Å². The molecule has 1 aromatic carbocycles. The van der Waals surface area contributed by atoms with Gasteiger partial charge in [0.05, 0.1) is 24.2 Å². The van der Waals surface area contributed by atoms with Gasteiger partial charge in [0, 0.05) is 13.2 Å². The zero-order chi connectivity index (χ0) is 16.2. The number of ether oxygens (including phenoxy) is 1. The molecule has 8 nitrogen and oxygen atoms in total. The van der Waals surface area contributed by atoms with Crippen LogP contribution in [0.1, 0.15) is 10.5 Å². The lowest BCUT2D eigenvalue weighted by molar-refractivity contribution is 0.101. The minimum atomic E-state index is -0.449. The second-order valence-corrected chi connectivity index (χ2v) is 4.83. The van der Waals surface area contributed by atoms with Gasteiger partial charge in [-0.15, -0.1) is 0 Å². The number of fused-ring (bicyclic) bond motifs is 1. The van der Waals surface area contributed by atoms with Crippen LogP contribution >= 0.6 is 0 Å². The highest BCUT2D eigenvalue weighted by Crippen LogP contribution is 2.13. The lowest BCUT2D eigenvalue weighted by Gasteiger charge is -2.06. The number of benzene rings is 1. The van der Waals surface area contributed by atoms with Gasteiger partial charge >= 0.3 is 0 Å². The highest BCUT2D eigenvalue weighted by Gasteiger charge is 2.12. The number of imidazole rings is 1. The van der Waals surface area contributed by atoms with Crippen molar-refractivity contribution in [3.63, 3.8) is 0 Å². The molecule has 118 valence electrons. The smallest absolute Gasteiger partial charge is 0.278 e. The van der Waals surface area contributed by atoms with Crippen LogP contribution in [0.3, 0.4) is 0 Å². The number of nitrogens with one attached hydrogen (secondary N) is 2. The molecule has 0 saturated carbocycles. The van der Waals surface area contributed by atoms with Gasteiger partial charge in [0.25, 0.3) is 11.5 Å². The Bertz CT molecular complexity index is 866. The maximum Gasteiger partial charge on any atom is 0.278 e. The fraction of sp³-hybridized carbons (Fsp3) is 0.200. The van der Waals surface area contributed by atoms with Crippen molar-refractivity contribution in [3.8, 4) is 0 Å². The van der Waals surface area contributed by atoms with Gasteiger partial charge in [0.2, 0.25) is 5.95 Å². The summed E-state index contributed by atoms with van der Waals surface area (Å²) in [6.45, 7) is 0.614. The third-order valence-corrected chi connectivity index (χ3v) is 3.23. The van der Waals surface area contributed by atoms with Gasteiger partial charge in [-0.3, -0.25) is 14.9 Å². The molecule has 0 aliphatic carbocycles. The van der Waals surface area contributed by atoms with Gasteiger partial charge in [-0.05, 0) is 18.2 Å². The molecular weight excluding hydrogens is 298 g/mol. The third-order valence-electron chi connectivity index (χ3n) is 3.23. The predicted molar refractivity (Wildman–Crippen MR) is 84.4 cm³/mol. The van der Waals surface area contributed by atoms with Gasteiger partial charge in [-0.1, -0.05) is 12.1 Å². The van der Waals surface area contributed by atoms with E-state index in [1.165, 1.54) is 23.9 Å². The summed E-state index contributed by atoms with van der Waals surface area (Å²) in [5.41, 5.74) is 1.41. The number of para-hydroxylation sites is 2. The van der Waals surface area contributed by atoms with E-state index in [4.69, 9.17) is 4.74 Å². The Hall–Kier alpha value is -3.00. The number of anilines is 1. The highest BCUT2D eigenvalue weighted by molar-refractivity contribution is 6.02. The van der Waals surface area contributed by atoms with Crippen LogP contribution in [0.5, 0.6) is 0 Å². The summed E-state index contributed by atoms with van der Waals surface area (Å²) in [6.07, 6.45) is 0. The number of H-pyrrole nitrogens is 1. The number of methoxy groups -OCH3 is 1. The molecule has 0 aliphatic rings. The lowest BCUT2D eigenvalue weighted by Crippen LogP contribution is -2.27. The van der Waals surface area contributed by atoms with Crippen LogP contribution in [0.4, 0.5) is 5.95 Å². The number of aromatic nitrogens is 4. The molecule has 0 radical (unpaired) electrons. The van der Waals surface area contributed by atoms with E-state index in [9.17, 15) is 9.59 Å². The maximum absolute atomic E-state index is 12.2. The Morgan fingerprint density at radius 2 is 2.13 bits per heavy atom. The van der Waals surface area contributed by atoms with Gasteiger partial charge in [-0.25, -0.2) is 9.67 Å². The van der Waals surface area contributed by atoms with Crippen LogP contribution in [0.2, 0.25) is 0 Å². The Balaban J connectivity index is 1.81. The summed E-state index contributed by atoms with van der Waals surface area (Å²) in [6, 6.07) is 10.1. The third kappa shape index (κ3) is 3.27. The Labute approximate surface area is 131 Å². The monoisotopic (exact) mass is 313 g/mol. The zero-order valence-corrected chi connectivity index (χ0v) is 12.4. The Morgan fingerprint density at radius 1 is 1.30 bits per heavy atom. The van der Waals surface area contributed by atoms with Crippen molar-refractivity contribution in [2.45, 2.75) is 6.54 Å². The van der Waals surface area contributed by atoms with Crippen molar-refractivity contribution in [1.29, 1.82) is 0 Å². The van der Waals surface area contributed by atoms with Crippen LogP contribution < -0.4 is 10.9 Å². The molecule has 1 amide bonds. The van der Waals surface area contributed by atoms with E-state index >= 15 is 0 Å². The first-order valence-electron chi connectivity index (χ1n) is 7.00. The highest BCUT2D eigenvalue weighted by atomic mass is 16.5. The second-order valence-electron chi connectivity index (χ2n) is 4.83. The summed E-state index contributed by atoms with van der Waals surface area (Å²) >= 11 is 0. The van der Waals surface area contributed by atoms with Crippen molar-refractivity contribution in [2.75, 3.05) is 19.0 Å². The second kappa shape index (κ2) is 6.41. The van der Waals surface area contributed by atoms with E-state index < -0.39 is 5.91 Å². The normalized spacial score (nSPS) is 10.8. The van der Waals surface area contributed by atoms with Crippen molar-refractivity contribution >= 4 is 22.9 Å². The van der Waals surface area contributed by atoms with E-state index in [-0.39, 0.29) is 17.8 Å². The van der Waals surface area contributed by atoms with Crippen LogP contribution in [0.25, 0.3) is 11.0 Å². The topological polar surface area (TPSA) is 102 Å². The minimum absolute atomic E-state index is 0.126. The zero-order valence-electron chi connectivity index (χ0n) is 12.4. The van der Waals surface area contributed by atoms with Crippen molar-refractivity contribution < 1.29 is 9.53 Å². The molecule has 3 aromatic rings. The summed E-state index contributed by atoms with van der Waals surface area (Å²) < 4.78 is 6.11. The molecule has 0 spiro atoms. The predicted octanol–water partition coefficient (Wildman–Crippen LogP) is 1.02. The number of carbonyl (C=O) groups excluding carboxylic acids is 1. The first-order valence-corrected chi connectivity index (χ1v) is 7.00. The summed E-state index contributed by atoms with van der Waals surface area (Å²) in [5.74, 6) is -0.122. The molecule has 0 bridgehead atoms. The van der Waals surface area contributed by atoms with Gasteiger partial charge in [0.1, 0.15) is 5.69 Å². The molecule has 0 aliphatic heterocycles. The van der Waals surface area contributed by atoms with Crippen molar-refractivity contribution in [2.24, 2.45) is 0 Å². The van der Waals surface area contributed by atoms with E-state index in [1.807, 2.05) is 24.3 Å². The number of hydrogen-bond acceptors (Lipinski definition) is 5. The van der Waals surface area contributed by atoms with Gasteiger partial charge < -0.3 is 9.72 Å².